The van der Waals surface area contributed by atoms with E-state index in [1.165, 1.54) is 6.08 Å². The summed E-state index contributed by atoms with van der Waals surface area (Å²) >= 11 is 0. The first-order valence-corrected chi connectivity index (χ1v) is 6.89. The van der Waals surface area contributed by atoms with Crippen LogP contribution in [0.2, 0.25) is 0 Å². The van der Waals surface area contributed by atoms with Crippen LogP contribution in [-0.4, -0.2) is 16.4 Å². The number of phosphoric acid groups is 1. The van der Waals surface area contributed by atoms with Crippen molar-refractivity contribution in [3.8, 4) is 0 Å². The number of hydrogen-bond acceptors (Lipinski definition) is 2. The van der Waals surface area contributed by atoms with Gasteiger partial charge in [0.25, 0.3) is 0 Å². The molecule has 2 N–H and O–H groups in total. The van der Waals surface area contributed by atoms with Gasteiger partial charge in [-0.15, -0.1) is 0 Å². The topological polar surface area (TPSA) is 66.8 Å². The van der Waals surface area contributed by atoms with E-state index in [0.717, 1.165) is 12.8 Å². The van der Waals surface area contributed by atoms with Gasteiger partial charge in [-0.3, -0.25) is 4.52 Å². The van der Waals surface area contributed by atoms with Gasteiger partial charge < -0.3 is 9.79 Å². The van der Waals surface area contributed by atoms with Crippen molar-refractivity contribution in [1.82, 2.24) is 0 Å². The van der Waals surface area contributed by atoms with E-state index in [9.17, 15) is 4.57 Å². The van der Waals surface area contributed by atoms with Crippen LogP contribution >= 0.6 is 7.82 Å². The van der Waals surface area contributed by atoms with Crippen molar-refractivity contribution in [2.24, 2.45) is 0 Å². The predicted molar refractivity (Wildman–Crippen MR) is 69.5 cm³/mol. The largest absolute Gasteiger partial charge is 0.469 e. The second kappa shape index (κ2) is 10.2. The molecule has 0 spiro atoms. The second-order valence-electron chi connectivity index (χ2n) is 3.17. The lowest BCUT2D eigenvalue weighted by molar-refractivity contribution is 0.215. The van der Waals surface area contributed by atoms with Gasteiger partial charge in [0.05, 0.1) is 6.61 Å². The molecule has 0 fully saturated rings. The molecule has 0 aromatic carbocycles. The van der Waals surface area contributed by atoms with E-state index in [0.29, 0.717) is 0 Å². The molecule has 0 bridgehead atoms. The van der Waals surface area contributed by atoms with Crippen LogP contribution in [0.5, 0.6) is 0 Å². The molecule has 0 saturated carbocycles. The van der Waals surface area contributed by atoms with Gasteiger partial charge in [-0.05, 0) is 19.8 Å². The summed E-state index contributed by atoms with van der Waals surface area (Å²) in [7, 11) is -4.34. The van der Waals surface area contributed by atoms with Gasteiger partial charge in [0.15, 0.2) is 0 Å². The minimum Gasteiger partial charge on any atom is -0.303 e. The van der Waals surface area contributed by atoms with Crippen LogP contribution in [0.25, 0.3) is 0 Å². The van der Waals surface area contributed by atoms with Gasteiger partial charge in [0.2, 0.25) is 0 Å². The Morgan fingerprint density at radius 2 is 1.59 bits per heavy atom. The molecule has 0 aliphatic heterocycles. The lowest BCUT2D eigenvalue weighted by Gasteiger charge is -1.99. The molecule has 0 aromatic rings. The minimum absolute atomic E-state index is 0.0976. The van der Waals surface area contributed by atoms with Crippen molar-refractivity contribution < 1.29 is 18.9 Å². The van der Waals surface area contributed by atoms with Crippen LogP contribution < -0.4 is 0 Å². The molecule has 0 radical (unpaired) electrons. The lowest BCUT2D eigenvalue weighted by atomic mass is 10.2. The summed E-state index contributed by atoms with van der Waals surface area (Å²) in [6.45, 7) is 1.90. The Kier molecular flexibility index (Phi) is 9.68. The summed E-state index contributed by atoms with van der Waals surface area (Å²) in [5, 5.41) is 0. The molecule has 0 amide bonds. The zero-order chi connectivity index (χ0) is 13.0. The lowest BCUT2D eigenvalue weighted by Crippen LogP contribution is -1.86. The Bertz CT molecular complexity index is 336. The molecule has 0 atom stereocenters. The summed E-state index contributed by atoms with van der Waals surface area (Å²) in [4.78, 5) is 16.8. The first kappa shape index (κ1) is 16.1. The zero-order valence-electron chi connectivity index (χ0n) is 9.90. The maximum absolute atomic E-state index is 10.3. The Morgan fingerprint density at radius 1 is 1.00 bits per heavy atom. The number of hydrogen-bond donors (Lipinski definition) is 2. The number of allylic oxidation sites excluding steroid dienone is 7. The number of unbranched alkanes of at least 4 members (excludes halogenated alkanes) is 1. The zero-order valence-corrected chi connectivity index (χ0v) is 10.8. The van der Waals surface area contributed by atoms with E-state index < -0.39 is 7.82 Å². The van der Waals surface area contributed by atoms with Crippen molar-refractivity contribution in [2.45, 2.75) is 19.8 Å². The van der Waals surface area contributed by atoms with Gasteiger partial charge in [0.1, 0.15) is 0 Å². The molecule has 17 heavy (non-hydrogen) atoms. The van der Waals surface area contributed by atoms with Gasteiger partial charge in [-0.1, -0.05) is 48.6 Å². The van der Waals surface area contributed by atoms with E-state index in [-0.39, 0.29) is 6.61 Å². The summed E-state index contributed by atoms with van der Waals surface area (Å²) in [6.07, 6.45) is 17.0. The normalized spacial score (nSPS) is 13.8. The SMILES string of the molecule is CC=CCCC=CC=CC=CCOP(=O)(O)O. The Morgan fingerprint density at radius 3 is 2.18 bits per heavy atom. The molecule has 0 unspecified atom stereocenters. The van der Waals surface area contributed by atoms with Gasteiger partial charge in [-0.2, -0.15) is 0 Å². The fourth-order valence-corrected chi connectivity index (χ4v) is 1.22. The maximum Gasteiger partial charge on any atom is 0.469 e. The molecule has 0 aliphatic carbocycles. The van der Waals surface area contributed by atoms with Crippen LogP contribution in [0.3, 0.4) is 0 Å². The summed E-state index contributed by atoms with van der Waals surface area (Å²) in [6, 6.07) is 0. The molecule has 0 heterocycles. The summed E-state index contributed by atoms with van der Waals surface area (Å²) < 4.78 is 14.5. The fourth-order valence-electron chi connectivity index (χ4n) is 0.936. The van der Waals surface area contributed by atoms with E-state index >= 15 is 0 Å². The third-order valence-corrected chi connectivity index (χ3v) is 2.17. The van der Waals surface area contributed by atoms with Crippen LogP contribution in [0.4, 0.5) is 0 Å². The van der Waals surface area contributed by atoms with Crippen molar-refractivity contribution in [3.63, 3.8) is 0 Å². The third-order valence-electron chi connectivity index (χ3n) is 1.68. The van der Waals surface area contributed by atoms with E-state index in [1.54, 1.807) is 12.2 Å². The van der Waals surface area contributed by atoms with E-state index in [4.69, 9.17) is 9.79 Å². The second-order valence-corrected chi connectivity index (χ2v) is 4.41. The smallest absolute Gasteiger partial charge is 0.303 e. The van der Waals surface area contributed by atoms with Crippen LogP contribution in [0, 0.1) is 0 Å². The predicted octanol–water partition coefficient (Wildman–Crippen LogP) is 3.12. The van der Waals surface area contributed by atoms with Gasteiger partial charge in [-0.25, -0.2) is 4.57 Å². The fraction of sp³-hybridized carbons (Fsp3) is 0.333. The van der Waals surface area contributed by atoms with Crippen molar-refractivity contribution in [3.05, 3.63) is 48.6 Å². The Labute approximate surface area is 102 Å². The average molecular weight is 258 g/mol. The highest BCUT2D eigenvalue weighted by atomic mass is 31.2. The molecule has 0 rings (SSSR count). The monoisotopic (exact) mass is 258 g/mol. The molecule has 96 valence electrons. The molecular weight excluding hydrogens is 239 g/mol. The quantitative estimate of drug-likeness (QED) is 0.304. The number of rotatable bonds is 8. The molecule has 0 aromatic heterocycles. The van der Waals surface area contributed by atoms with Crippen LogP contribution in [0.1, 0.15) is 19.8 Å². The first-order valence-electron chi connectivity index (χ1n) is 5.36. The highest BCUT2D eigenvalue weighted by molar-refractivity contribution is 7.46. The molecule has 0 saturated heterocycles. The first-order chi connectivity index (χ1) is 8.06. The van der Waals surface area contributed by atoms with Crippen LogP contribution in [-0.2, 0) is 9.09 Å². The van der Waals surface area contributed by atoms with Crippen molar-refractivity contribution >= 4 is 7.82 Å². The average Bonchev–Trinajstić information content (AvgIpc) is 2.24. The Balaban J connectivity index is 3.59. The van der Waals surface area contributed by atoms with Crippen molar-refractivity contribution in [2.75, 3.05) is 6.61 Å². The van der Waals surface area contributed by atoms with Crippen molar-refractivity contribution in [1.29, 1.82) is 0 Å². The molecular formula is C12H19O4P. The maximum atomic E-state index is 10.3. The van der Waals surface area contributed by atoms with E-state index in [1.807, 2.05) is 25.2 Å². The molecule has 5 heteroatoms. The standard InChI is InChI=1S/C12H19O4P/c1-2-3-4-5-6-7-8-9-10-11-12-16-17(13,14)15/h2-3,6-11H,4-5,12H2,1H3,(H2,13,14,15). The highest BCUT2D eigenvalue weighted by Gasteiger charge is 2.10. The molecule has 4 nitrogen and oxygen atoms in total. The molecule has 0 aliphatic rings. The third kappa shape index (κ3) is 15.1. The van der Waals surface area contributed by atoms with Gasteiger partial charge >= 0.3 is 7.82 Å². The summed E-state index contributed by atoms with van der Waals surface area (Å²) in [5.41, 5.74) is 0. The minimum atomic E-state index is -4.34. The summed E-state index contributed by atoms with van der Waals surface area (Å²) in [5.74, 6) is 0. The Hall–Kier alpha value is -0.930. The van der Waals surface area contributed by atoms with Crippen LogP contribution in [0.15, 0.2) is 48.6 Å². The number of phosphoric ester groups is 1. The highest BCUT2D eigenvalue weighted by Crippen LogP contribution is 2.35. The van der Waals surface area contributed by atoms with E-state index in [2.05, 4.69) is 16.7 Å². The van der Waals surface area contributed by atoms with Gasteiger partial charge in [0, 0.05) is 0 Å².